The first kappa shape index (κ1) is 7.87. The van der Waals surface area contributed by atoms with E-state index in [0.717, 1.165) is 11.4 Å². The predicted octanol–water partition coefficient (Wildman–Crippen LogP) is 0.460. The lowest BCUT2D eigenvalue weighted by atomic mass is 10.3. The van der Waals surface area contributed by atoms with E-state index in [1.54, 1.807) is 10.7 Å². The Hall–Kier alpha value is -1.49. The van der Waals surface area contributed by atoms with E-state index in [-0.39, 0.29) is 0 Å². The van der Waals surface area contributed by atoms with E-state index in [4.69, 9.17) is 5.73 Å². The molecule has 2 heterocycles. The SMILES string of the molecule is NCc1cnc2nc(C3CC3)nn2c1. The summed E-state index contributed by atoms with van der Waals surface area (Å²) in [5.41, 5.74) is 6.49. The van der Waals surface area contributed by atoms with Crippen molar-refractivity contribution < 1.29 is 0 Å². The lowest BCUT2D eigenvalue weighted by Gasteiger charge is -1.94. The van der Waals surface area contributed by atoms with Gasteiger partial charge in [-0.05, 0) is 12.8 Å². The van der Waals surface area contributed by atoms with E-state index < -0.39 is 0 Å². The largest absolute Gasteiger partial charge is 0.326 e. The Morgan fingerprint density at radius 3 is 3.07 bits per heavy atom. The highest BCUT2D eigenvalue weighted by Gasteiger charge is 2.28. The van der Waals surface area contributed by atoms with Crippen LogP contribution in [0.25, 0.3) is 5.78 Å². The van der Waals surface area contributed by atoms with Crippen molar-refractivity contribution in [1.29, 1.82) is 0 Å². The maximum Gasteiger partial charge on any atom is 0.252 e. The molecule has 14 heavy (non-hydrogen) atoms. The fourth-order valence-electron chi connectivity index (χ4n) is 1.46. The molecule has 0 bridgehead atoms. The summed E-state index contributed by atoms with van der Waals surface area (Å²) in [7, 11) is 0. The average molecular weight is 189 g/mol. The first-order chi connectivity index (χ1) is 6.86. The molecule has 72 valence electrons. The van der Waals surface area contributed by atoms with Gasteiger partial charge in [-0.1, -0.05) is 0 Å². The van der Waals surface area contributed by atoms with Gasteiger partial charge in [0.2, 0.25) is 0 Å². The van der Waals surface area contributed by atoms with Crippen molar-refractivity contribution in [3.05, 3.63) is 23.8 Å². The average Bonchev–Trinajstić information content (AvgIpc) is 2.97. The molecule has 3 rings (SSSR count). The Morgan fingerprint density at radius 2 is 2.36 bits per heavy atom. The van der Waals surface area contributed by atoms with Gasteiger partial charge in [0.05, 0.1) is 0 Å². The van der Waals surface area contributed by atoms with Crippen LogP contribution < -0.4 is 5.73 Å². The van der Waals surface area contributed by atoms with Gasteiger partial charge in [-0.25, -0.2) is 9.50 Å². The molecule has 0 amide bonds. The normalized spacial score (nSPS) is 16.4. The molecule has 2 aromatic heterocycles. The molecule has 1 aliphatic carbocycles. The smallest absolute Gasteiger partial charge is 0.252 e. The Bertz CT molecular complexity index is 471. The van der Waals surface area contributed by atoms with Crippen molar-refractivity contribution in [2.75, 3.05) is 0 Å². The second kappa shape index (κ2) is 2.75. The number of hydrogen-bond acceptors (Lipinski definition) is 4. The van der Waals surface area contributed by atoms with Gasteiger partial charge in [-0.2, -0.15) is 4.98 Å². The van der Waals surface area contributed by atoms with E-state index in [9.17, 15) is 0 Å². The summed E-state index contributed by atoms with van der Waals surface area (Å²) in [6, 6.07) is 0. The van der Waals surface area contributed by atoms with Crippen molar-refractivity contribution in [2.24, 2.45) is 5.73 Å². The molecule has 1 fully saturated rings. The second-order valence-electron chi connectivity index (χ2n) is 3.66. The Labute approximate surface area is 81.0 Å². The highest BCUT2D eigenvalue weighted by Crippen LogP contribution is 2.37. The molecule has 0 unspecified atom stereocenters. The number of rotatable bonds is 2. The van der Waals surface area contributed by atoms with Crippen LogP contribution in [0.3, 0.4) is 0 Å². The minimum atomic E-state index is 0.488. The molecule has 0 aliphatic heterocycles. The number of aromatic nitrogens is 4. The van der Waals surface area contributed by atoms with Crippen molar-refractivity contribution in [3.8, 4) is 0 Å². The fraction of sp³-hybridized carbons (Fsp3) is 0.444. The van der Waals surface area contributed by atoms with E-state index in [1.807, 2.05) is 6.20 Å². The standard InChI is InChI=1S/C9H11N5/c10-3-6-4-11-9-12-8(7-1-2-7)13-14(9)5-6/h4-5,7H,1-3,10H2. The molecule has 1 saturated carbocycles. The summed E-state index contributed by atoms with van der Waals surface area (Å²) in [5.74, 6) is 2.16. The summed E-state index contributed by atoms with van der Waals surface area (Å²) in [5, 5.41) is 4.37. The van der Waals surface area contributed by atoms with Crippen molar-refractivity contribution in [2.45, 2.75) is 25.3 Å². The van der Waals surface area contributed by atoms with E-state index in [1.165, 1.54) is 12.8 Å². The Kier molecular flexibility index (Phi) is 1.55. The zero-order valence-electron chi connectivity index (χ0n) is 7.72. The Balaban J connectivity index is 2.12. The molecular formula is C9H11N5. The van der Waals surface area contributed by atoms with Crippen LogP contribution in [0.15, 0.2) is 12.4 Å². The van der Waals surface area contributed by atoms with Gasteiger partial charge in [0.25, 0.3) is 5.78 Å². The van der Waals surface area contributed by atoms with Gasteiger partial charge < -0.3 is 5.73 Å². The molecule has 5 nitrogen and oxygen atoms in total. The second-order valence-corrected chi connectivity index (χ2v) is 3.66. The lowest BCUT2D eigenvalue weighted by Crippen LogP contribution is -2.00. The van der Waals surface area contributed by atoms with Crippen LogP contribution in [-0.2, 0) is 6.54 Å². The van der Waals surface area contributed by atoms with Crippen LogP contribution in [-0.4, -0.2) is 19.6 Å². The summed E-state index contributed by atoms with van der Waals surface area (Å²) >= 11 is 0. The zero-order valence-corrected chi connectivity index (χ0v) is 7.72. The third kappa shape index (κ3) is 1.17. The maximum absolute atomic E-state index is 5.52. The van der Waals surface area contributed by atoms with Crippen LogP contribution >= 0.6 is 0 Å². The predicted molar refractivity (Wildman–Crippen MR) is 50.6 cm³/mol. The van der Waals surface area contributed by atoms with Gasteiger partial charge in [-0.15, -0.1) is 5.10 Å². The monoisotopic (exact) mass is 189 g/mol. The number of hydrogen-bond donors (Lipinski definition) is 1. The molecule has 0 saturated heterocycles. The third-order valence-corrected chi connectivity index (χ3v) is 2.44. The molecule has 2 aromatic rings. The van der Waals surface area contributed by atoms with Crippen molar-refractivity contribution in [3.63, 3.8) is 0 Å². The van der Waals surface area contributed by atoms with Crippen LogP contribution in [0.5, 0.6) is 0 Å². The number of nitrogens with zero attached hydrogens (tertiary/aromatic N) is 4. The Morgan fingerprint density at radius 1 is 1.50 bits per heavy atom. The van der Waals surface area contributed by atoms with Crippen molar-refractivity contribution in [1.82, 2.24) is 19.6 Å². The molecule has 0 atom stereocenters. The molecule has 5 heteroatoms. The summed E-state index contributed by atoms with van der Waals surface area (Å²) < 4.78 is 1.72. The summed E-state index contributed by atoms with van der Waals surface area (Å²) in [4.78, 5) is 8.54. The van der Waals surface area contributed by atoms with Crippen molar-refractivity contribution >= 4 is 5.78 Å². The van der Waals surface area contributed by atoms with Gasteiger partial charge in [-0.3, -0.25) is 0 Å². The number of fused-ring (bicyclic) bond motifs is 1. The fourth-order valence-corrected chi connectivity index (χ4v) is 1.46. The maximum atomic E-state index is 5.52. The van der Waals surface area contributed by atoms with Gasteiger partial charge in [0, 0.05) is 30.4 Å². The van der Waals surface area contributed by atoms with Gasteiger partial charge in [0.15, 0.2) is 5.82 Å². The molecule has 0 spiro atoms. The minimum Gasteiger partial charge on any atom is -0.326 e. The van der Waals surface area contributed by atoms with Crippen LogP contribution in [0.1, 0.15) is 30.1 Å². The first-order valence-corrected chi connectivity index (χ1v) is 4.78. The van der Waals surface area contributed by atoms with E-state index in [2.05, 4.69) is 15.1 Å². The topological polar surface area (TPSA) is 69.1 Å². The van der Waals surface area contributed by atoms with Gasteiger partial charge in [0.1, 0.15) is 0 Å². The molecule has 0 aromatic carbocycles. The molecule has 2 N–H and O–H groups in total. The van der Waals surface area contributed by atoms with E-state index in [0.29, 0.717) is 18.2 Å². The lowest BCUT2D eigenvalue weighted by molar-refractivity contribution is 0.857. The molecular weight excluding hydrogens is 178 g/mol. The molecule has 1 aliphatic rings. The summed E-state index contributed by atoms with van der Waals surface area (Å²) in [6.07, 6.45) is 6.06. The quantitative estimate of drug-likeness (QED) is 0.745. The number of nitrogens with two attached hydrogens (primary N) is 1. The van der Waals surface area contributed by atoms with Crippen LogP contribution in [0.4, 0.5) is 0 Å². The molecule has 0 radical (unpaired) electrons. The highest BCUT2D eigenvalue weighted by atomic mass is 15.3. The van der Waals surface area contributed by atoms with Crippen LogP contribution in [0.2, 0.25) is 0 Å². The zero-order chi connectivity index (χ0) is 9.54. The first-order valence-electron chi connectivity index (χ1n) is 4.78. The van der Waals surface area contributed by atoms with Gasteiger partial charge >= 0.3 is 0 Å². The van der Waals surface area contributed by atoms with Crippen LogP contribution in [0, 0.1) is 0 Å². The minimum absolute atomic E-state index is 0.488. The summed E-state index contributed by atoms with van der Waals surface area (Å²) in [6.45, 7) is 0.488. The highest BCUT2D eigenvalue weighted by molar-refractivity contribution is 5.29. The third-order valence-electron chi connectivity index (χ3n) is 2.44. The van der Waals surface area contributed by atoms with E-state index >= 15 is 0 Å².